The van der Waals surface area contributed by atoms with Crippen molar-refractivity contribution in [2.75, 3.05) is 19.8 Å². The number of rotatable bonds is 11. The maximum atomic E-state index is 10.5. The molecule has 0 aromatic rings. The molecule has 1 unspecified atom stereocenters. The number of aliphatic carboxylic acids is 1. The summed E-state index contributed by atoms with van der Waals surface area (Å²) >= 11 is 0. The van der Waals surface area contributed by atoms with Gasteiger partial charge in [-0.25, -0.2) is 4.79 Å². The Labute approximate surface area is 170 Å². The van der Waals surface area contributed by atoms with Crippen molar-refractivity contribution < 1.29 is 75.7 Å². The van der Waals surface area contributed by atoms with Crippen LogP contribution in [0.15, 0.2) is 0 Å². The van der Waals surface area contributed by atoms with Gasteiger partial charge in [-0.2, -0.15) is 0 Å². The molecule has 30 heavy (non-hydrogen) atoms. The van der Waals surface area contributed by atoms with Gasteiger partial charge in [-0.05, 0) is 6.92 Å². The number of aliphatic hydroxyl groups is 11. The highest BCUT2D eigenvalue weighted by atomic mass is 16.4. The maximum absolute atomic E-state index is 10.5. The van der Waals surface area contributed by atoms with Gasteiger partial charge in [0.15, 0.2) is 12.1 Å². The molecule has 0 amide bonds. The maximum Gasteiger partial charge on any atom is 0.332 e. The van der Waals surface area contributed by atoms with Gasteiger partial charge in [-0.1, -0.05) is 0 Å². The van der Waals surface area contributed by atoms with Crippen molar-refractivity contribution in [3.63, 3.8) is 0 Å². The average molecular weight is 450 g/mol. The van der Waals surface area contributed by atoms with E-state index in [9.17, 15) is 14.4 Å². The van der Waals surface area contributed by atoms with Crippen LogP contribution in [0.4, 0.5) is 0 Å². The summed E-state index contributed by atoms with van der Waals surface area (Å²) in [5.41, 5.74) is 0. The minimum atomic E-state index is -1.86. The van der Waals surface area contributed by atoms with E-state index in [1.165, 1.54) is 6.92 Å². The van der Waals surface area contributed by atoms with Crippen molar-refractivity contribution in [2.45, 2.75) is 55.8 Å². The number of ketones is 1. The zero-order valence-corrected chi connectivity index (χ0v) is 15.9. The average Bonchev–Trinajstić information content (AvgIpc) is 2.75. The SMILES string of the molecule is CC(O)C(=O)O.O=C(CO)[C@@H](O)[C@H](O)[C@H](O)CO.O=C[C@H](O)[C@@H](O)[C@H](O)[C@H](O)CO. The number of carbonyl (C=O) groups excluding carboxylic acids is 2. The molecule has 0 spiro atoms. The topological polar surface area (TPSA) is 294 Å². The minimum Gasteiger partial charge on any atom is -0.479 e. The highest BCUT2D eigenvalue weighted by Crippen LogP contribution is 2.03. The van der Waals surface area contributed by atoms with E-state index in [1.54, 1.807) is 0 Å². The summed E-state index contributed by atoms with van der Waals surface area (Å²) in [5, 5.41) is 102. The van der Waals surface area contributed by atoms with E-state index in [-0.39, 0.29) is 6.29 Å². The van der Waals surface area contributed by atoms with Gasteiger partial charge in [0.25, 0.3) is 0 Å². The third-order valence-electron chi connectivity index (χ3n) is 3.17. The Morgan fingerprint density at radius 1 is 0.767 bits per heavy atom. The molecule has 8 atom stereocenters. The van der Waals surface area contributed by atoms with E-state index >= 15 is 0 Å². The summed E-state index contributed by atoms with van der Waals surface area (Å²) in [6.07, 6.45) is -13.3. The molecule has 0 rings (SSSR count). The van der Waals surface area contributed by atoms with Crippen LogP contribution in [-0.4, -0.2) is 148 Å². The lowest BCUT2D eigenvalue weighted by molar-refractivity contribution is -0.145. The van der Waals surface area contributed by atoms with Crippen molar-refractivity contribution in [3.8, 4) is 0 Å². The first kappa shape index (κ1) is 33.0. The van der Waals surface area contributed by atoms with E-state index < -0.39 is 80.4 Å². The molecule has 0 aromatic carbocycles. The van der Waals surface area contributed by atoms with Crippen LogP contribution in [0, 0.1) is 0 Å². The van der Waals surface area contributed by atoms with Gasteiger partial charge in [-0.15, -0.1) is 0 Å². The Morgan fingerprint density at radius 2 is 1.13 bits per heavy atom. The molecule has 0 heterocycles. The monoisotopic (exact) mass is 450 g/mol. The first-order valence-corrected chi connectivity index (χ1v) is 8.21. The molecule has 15 nitrogen and oxygen atoms in total. The van der Waals surface area contributed by atoms with Crippen LogP contribution in [-0.2, 0) is 14.4 Å². The Balaban J connectivity index is -0.000000386. The lowest BCUT2D eigenvalue weighted by atomic mass is 10.0. The van der Waals surface area contributed by atoms with Crippen molar-refractivity contribution in [3.05, 3.63) is 0 Å². The van der Waals surface area contributed by atoms with Crippen LogP contribution in [0.2, 0.25) is 0 Å². The van der Waals surface area contributed by atoms with E-state index in [4.69, 9.17) is 61.3 Å². The van der Waals surface area contributed by atoms with Crippen LogP contribution < -0.4 is 0 Å². The fourth-order valence-corrected chi connectivity index (χ4v) is 1.22. The fraction of sp³-hybridized carbons (Fsp3) is 0.800. The summed E-state index contributed by atoms with van der Waals surface area (Å²) < 4.78 is 0. The Hall–Kier alpha value is -1.63. The zero-order valence-electron chi connectivity index (χ0n) is 15.9. The van der Waals surface area contributed by atoms with Crippen molar-refractivity contribution in [1.82, 2.24) is 0 Å². The smallest absolute Gasteiger partial charge is 0.332 e. The molecule has 0 saturated carbocycles. The molecule has 0 aliphatic rings. The van der Waals surface area contributed by atoms with Gasteiger partial charge in [0.2, 0.25) is 0 Å². The first-order chi connectivity index (χ1) is 13.7. The number of hydrogen-bond acceptors (Lipinski definition) is 14. The largest absolute Gasteiger partial charge is 0.479 e. The van der Waals surface area contributed by atoms with Gasteiger partial charge < -0.3 is 66.1 Å². The standard InChI is InChI=1S/2C6H12O6.C3H6O3/c2*7-1-3(9)5(11)6(12)4(10)2-8;1-2(4)3(5)6/h3,5-9,11-12H,1-2H2;1,3-6,8-12H,2H2;2,4H,1H3,(H,5,6)/t3-,5-,6-;3-,4+,5+,6+;/m10./s1. The molecular formula is C15H30O15. The van der Waals surface area contributed by atoms with E-state index in [0.29, 0.717) is 0 Å². The summed E-state index contributed by atoms with van der Waals surface area (Å²) in [6.45, 7) is -1.25. The number of hydrogen-bond donors (Lipinski definition) is 12. The molecular weight excluding hydrogens is 420 g/mol. The quantitative estimate of drug-likeness (QED) is 0.130. The Morgan fingerprint density at radius 3 is 1.40 bits per heavy atom. The van der Waals surface area contributed by atoms with E-state index in [0.717, 1.165) is 0 Å². The van der Waals surface area contributed by atoms with Gasteiger partial charge in [0.1, 0.15) is 55.4 Å². The second-order valence-electron chi connectivity index (χ2n) is 5.68. The normalized spacial score (nSPS) is 18.5. The molecule has 180 valence electrons. The van der Waals surface area contributed by atoms with E-state index in [1.807, 2.05) is 0 Å². The second-order valence-corrected chi connectivity index (χ2v) is 5.68. The number of carbonyl (C=O) groups is 3. The van der Waals surface area contributed by atoms with Crippen LogP contribution in [0.3, 0.4) is 0 Å². The molecule has 0 aliphatic carbocycles. The first-order valence-electron chi connectivity index (χ1n) is 8.21. The number of Topliss-reactive ketones (excluding diaryl/α,β-unsaturated/α-hetero) is 1. The summed E-state index contributed by atoms with van der Waals surface area (Å²) in [4.78, 5) is 29.9. The molecule has 0 aromatic heterocycles. The predicted octanol–water partition coefficient (Wildman–Crippen LogP) is -7.30. The minimum absolute atomic E-state index is 0.0258. The van der Waals surface area contributed by atoms with Crippen molar-refractivity contribution >= 4 is 18.0 Å². The zero-order chi connectivity index (χ0) is 24.6. The third kappa shape index (κ3) is 14.4. The predicted molar refractivity (Wildman–Crippen MR) is 93.7 cm³/mol. The molecule has 0 radical (unpaired) electrons. The van der Waals surface area contributed by atoms with Crippen molar-refractivity contribution in [2.24, 2.45) is 0 Å². The van der Waals surface area contributed by atoms with Gasteiger partial charge in [-0.3, -0.25) is 4.79 Å². The molecule has 0 bridgehead atoms. The molecule has 0 fully saturated rings. The number of aldehydes is 1. The second kappa shape index (κ2) is 18.2. The van der Waals surface area contributed by atoms with Crippen LogP contribution in [0.25, 0.3) is 0 Å². The molecule has 0 saturated heterocycles. The number of carboxylic acids is 1. The van der Waals surface area contributed by atoms with Crippen LogP contribution in [0.1, 0.15) is 6.92 Å². The molecule has 12 N–H and O–H groups in total. The van der Waals surface area contributed by atoms with Crippen LogP contribution in [0.5, 0.6) is 0 Å². The summed E-state index contributed by atoms with van der Waals surface area (Å²) in [6, 6.07) is 0. The number of aliphatic hydroxyl groups excluding tert-OH is 11. The number of carboxylic acid groups (broad SMARTS) is 1. The molecule has 0 aliphatic heterocycles. The van der Waals surface area contributed by atoms with Gasteiger partial charge in [0.05, 0.1) is 13.2 Å². The van der Waals surface area contributed by atoms with E-state index in [2.05, 4.69) is 0 Å². The third-order valence-corrected chi connectivity index (χ3v) is 3.17. The highest BCUT2D eigenvalue weighted by molar-refractivity contribution is 5.84. The Bertz CT molecular complexity index is 471. The fourth-order valence-electron chi connectivity index (χ4n) is 1.22. The highest BCUT2D eigenvalue weighted by Gasteiger charge is 2.30. The van der Waals surface area contributed by atoms with Crippen molar-refractivity contribution in [1.29, 1.82) is 0 Å². The van der Waals surface area contributed by atoms with Crippen LogP contribution >= 0.6 is 0 Å². The summed E-state index contributed by atoms with van der Waals surface area (Å²) in [5.74, 6) is -2.19. The lowest BCUT2D eigenvalue weighted by Crippen LogP contribution is -2.46. The Kier molecular flexibility index (Phi) is 20.0. The lowest BCUT2D eigenvalue weighted by Gasteiger charge is -2.22. The summed E-state index contributed by atoms with van der Waals surface area (Å²) in [7, 11) is 0. The van der Waals surface area contributed by atoms with Gasteiger partial charge in [0, 0.05) is 0 Å². The van der Waals surface area contributed by atoms with Gasteiger partial charge >= 0.3 is 5.97 Å². The molecule has 15 heteroatoms.